The summed E-state index contributed by atoms with van der Waals surface area (Å²) < 4.78 is 10.6. The summed E-state index contributed by atoms with van der Waals surface area (Å²) in [6.45, 7) is 1.67. The Hall–Kier alpha value is -3.79. The van der Waals surface area contributed by atoms with Crippen LogP contribution in [0.15, 0.2) is 53.8 Å². The Balaban J connectivity index is 2.19. The largest absolute Gasteiger partial charge is 0.503 e. The Bertz CT molecular complexity index is 1030. The molecule has 1 unspecified atom stereocenters. The van der Waals surface area contributed by atoms with Crippen molar-refractivity contribution in [3.63, 3.8) is 0 Å². The number of amides is 1. The van der Waals surface area contributed by atoms with Crippen molar-refractivity contribution in [3.05, 3.63) is 64.9 Å². The van der Waals surface area contributed by atoms with Crippen LogP contribution in [0.4, 0.5) is 5.69 Å². The van der Waals surface area contributed by atoms with E-state index in [4.69, 9.17) is 14.7 Å². The molecule has 29 heavy (non-hydrogen) atoms. The van der Waals surface area contributed by atoms with Crippen LogP contribution in [-0.4, -0.2) is 31.0 Å². The molecule has 148 valence electrons. The van der Waals surface area contributed by atoms with Crippen LogP contribution in [0.2, 0.25) is 0 Å². The summed E-state index contributed by atoms with van der Waals surface area (Å²) in [7, 11) is 3.00. The molecule has 1 heterocycles. The highest BCUT2D eigenvalue weighted by atomic mass is 16.5. The van der Waals surface area contributed by atoms with Gasteiger partial charge < -0.3 is 14.6 Å². The van der Waals surface area contributed by atoms with Crippen molar-refractivity contribution >= 4 is 17.4 Å². The fourth-order valence-corrected chi connectivity index (χ4v) is 3.38. The minimum atomic E-state index is -0.831. The quantitative estimate of drug-likeness (QED) is 0.808. The highest BCUT2D eigenvalue weighted by Gasteiger charge is 2.44. The molecule has 1 aliphatic rings. The van der Waals surface area contributed by atoms with Gasteiger partial charge in [-0.1, -0.05) is 13.0 Å². The zero-order valence-electron chi connectivity index (χ0n) is 16.3. The summed E-state index contributed by atoms with van der Waals surface area (Å²) in [5.41, 5.74) is 1.51. The average molecular weight is 392 g/mol. The zero-order chi connectivity index (χ0) is 21.1. The van der Waals surface area contributed by atoms with Gasteiger partial charge in [-0.05, 0) is 42.0 Å². The van der Waals surface area contributed by atoms with Gasteiger partial charge in [0.15, 0.2) is 23.0 Å². The number of anilines is 1. The highest BCUT2D eigenvalue weighted by Crippen LogP contribution is 2.43. The van der Waals surface area contributed by atoms with Crippen LogP contribution < -0.4 is 14.4 Å². The predicted molar refractivity (Wildman–Crippen MR) is 106 cm³/mol. The van der Waals surface area contributed by atoms with Crippen LogP contribution in [0, 0.1) is 11.3 Å². The maximum atomic E-state index is 12.9. The number of carbonyl (C=O) groups excluding carboxylic acids is 2. The second-order valence-electron chi connectivity index (χ2n) is 6.39. The number of hydrogen-bond donors (Lipinski definition) is 1. The van der Waals surface area contributed by atoms with Crippen molar-refractivity contribution in [2.24, 2.45) is 0 Å². The number of aliphatic hydroxyl groups is 1. The third kappa shape index (κ3) is 3.41. The summed E-state index contributed by atoms with van der Waals surface area (Å²) >= 11 is 0. The normalized spacial score (nSPS) is 16.0. The van der Waals surface area contributed by atoms with Crippen LogP contribution in [0.1, 0.15) is 30.5 Å². The molecule has 0 aliphatic carbocycles. The number of nitrogens with zero attached hydrogens (tertiary/aromatic N) is 2. The maximum absolute atomic E-state index is 12.9. The molecular formula is C22H20N2O5. The molecule has 0 aromatic heterocycles. The van der Waals surface area contributed by atoms with Crippen molar-refractivity contribution in [2.45, 2.75) is 19.4 Å². The number of ketones is 1. The first-order chi connectivity index (χ1) is 14.0. The van der Waals surface area contributed by atoms with Crippen LogP contribution in [0.5, 0.6) is 11.5 Å². The molecule has 0 spiro atoms. The first-order valence-electron chi connectivity index (χ1n) is 8.98. The molecule has 7 heteroatoms. The first-order valence-corrected chi connectivity index (χ1v) is 8.98. The SMILES string of the molecule is CCC(=O)C1=C(O)C(=O)N(c2ccc(C#N)cc2)C1c1ccc(OC)c(OC)c1. The number of nitriles is 1. The average Bonchev–Trinajstić information content (AvgIpc) is 3.03. The highest BCUT2D eigenvalue weighted by molar-refractivity contribution is 6.16. The van der Waals surface area contributed by atoms with Gasteiger partial charge in [-0.25, -0.2) is 0 Å². The topological polar surface area (TPSA) is 99.9 Å². The van der Waals surface area contributed by atoms with Gasteiger partial charge in [0.1, 0.15) is 0 Å². The number of carbonyl (C=O) groups is 2. The summed E-state index contributed by atoms with van der Waals surface area (Å²) in [5, 5.41) is 19.5. The smallest absolute Gasteiger partial charge is 0.294 e. The van der Waals surface area contributed by atoms with Gasteiger partial charge in [-0.15, -0.1) is 0 Å². The van der Waals surface area contributed by atoms with E-state index in [0.29, 0.717) is 28.3 Å². The number of aliphatic hydroxyl groups excluding tert-OH is 1. The number of Topliss-reactive ketones (excluding diaryl/α,β-unsaturated/α-hetero) is 1. The number of benzene rings is 2. The van der Waals surface area contributed by atoms with E-state index in [1.54, 1.807) is 49.4 Å². The van der Waals surface area contributed by atoms with Gasteiger partial charge in [-0.3, -0.25) is 14.5 Å². The molecule has 0 radical (unpaired) electrons. The Kier molecular flexibility index (Phi) is 5.55. The second-order valence-corrected chi connectivity index (χ2v) is 6.39. The molecule has 2 aromatic rings. The first kappa shape index (κ1) is 20.0. The third-order valence-corrected chi connectivity index (χ3v) is 4.83. The van der Waals surface area contributed by atoms with Gasteiger partial charge in [0.25, 0.3) is 5.91 Å². The molecule has 1 atom stereocenters. The van der Waals surface area contributed by atoms with Crippen LogP contribution >= 0.6 is 0 Å². The van der Waals surface area contributed by atoms with E-state index in [0.717, 1.165) is 0 Å². The Morgan fingerprint density at radius 1 is 1.14 bits per heavy atom. The van der Waals surface area contributed by atoms with Crippen molar-refractivity contribution in [2.75, 3.05) is 19.1 Å². The number of hydrogen-bond acceptors (Lipinski definition) is 6. The zero-order valence-corrected chi connectivity index (χ0v) is 16.3. The maximum Gasteiger partial charge on any atom is 0.294 e. The molecule has 1 N–H and O–H groups in total. The third-order valence-electron chi connectivity index (χ3n) is 4.83. The van der Waals surface area contributed by atoms with E-state index in [2.05, 4.69) is 0 Å². The molecule has 1 aliphatic heterocycles. The summed E-state index contributed by atoms with van der Waals surface area (Å²) in [4.78, 5) is 26.9. The lowest BCUT2D eigenvalue weighted by molar-refractivity contribution is -0.118. The minimum Gasteiger partial charge on any atom is -0.503 e. The van der Waals surface area contributed by atoms with Crippen LogP contribution in [-0.2, 0) is 9.59 Å². The van der Waals surface area contributed by atoms with E-state index in [1.165, 1.54) is 19.1 Å². The monoisotopic (exact) mass is 392 g/mol. The Morgan fingerprint density at radius 2 is 1.79 bits per heavy atom. The van der Waals surface area contributed by atoms with Crippen molar-refractivity contribution in [1.29, 1.82) is 5.26 Å². The lowest BCUT2D eigenvalue weighted by atomic mass is 9.94. The van der Waals surface area contributed by atoms with Gasteiger partial charge in [0, 0.05) is 12.1 Å². The summed E-state index contributed by atoms with van der Waals surface area (Å²) in [6, 6.07) is 12.6. The molecular weight excluding hydrogens is 372 g/mol. The van der Waals surface area contributed by atoms with E-state index < -0.39 is 17.7 Å². The number of rotatable bonds is 6. The standard InChI is InChI=1S/C22H20N2O5/c1-4-16(25)19-20(14-7-10-17(28-2)18(11-14)29-3)24(22(27)21(19)26)15-8-5-13(12-23)6-9-15/h5-11,20,26H,4H2,1-3H3. The summed E-state index contributed by atoms with van der Waals surface area (Å²) in [5.74, 6) is -0.631. The molecule has 0 saturated heterocycles. The molecule has 1 amide bonds. The van der Waals surface area contributed by atoms with Crippen molar-refractivity contribution in [3.8, 4) is 17.6 Å². The van der Waals surface area contributed by atoms with E-state index in [9.17, 15) is 14.7 Å². The predicted octanol–water partition coefficient (Wildman–Crippen LogP) is 3.45. The Morgan fingerprint density at radius 3 is 2.34 bits per heavy atom. The molecule has 0 bridgehead atoms. The van der Waals surface area contributed by atoms with E-state index >= 15 is 0 Å². The van der Waals surface area contributed by atoms with Crippen molar-refractivity contribution < 1.29 is 24.2 Å². The van der Waals surface area contributed by atoms with E-state index in [-0.39, 0.29) is 17.8 Å². The summed E-state index contributed by atoms with van der Waals surface area (Å²) in [6.07, 6.45) is 0.137. The molecule has 0 saturated carbocycles. The van der Waals surface area contributed by atoms with Gasteiger partial charge in [0.05, 0.1) is 37.5 Å². The van der Waals surface area contributed by atoms with Crippen molar-refractivity contribution in [1.82, 2.24) is 0 Å². The number of methoxy groups -OCH3 is 2. The fourth-order valence-electron chi connectivity index (χ4n) is 3.38. The lowest BCUT2D eigenvalue weighted by Gasteiger charge is -2.27. The second kappa shape index (κ2) is 8.07. The van der Waals surface area contributed by atoms with Gasteiger partial charge in [-0.2, -0.15) is 5.26 Å². The Labute approximate surface area is 168 Å². The molecule has 0 fully saturated rings. The van der Waals surface area contributed by atoms with Gasteiger partial charge >= 0.3 is 0 Å². The van der Waals surface area contributed by atoms with Crippen LogP contribution in [0.25, 0.3) is 0 Å². The molecule has 2 aromatic carbocycles. The van der Waals surface area contributed by atoms with E-state index in [1.807, 2.05) is 6.07 Å². The molecule has 7 nitrogen and oxygen atoms in total. The van der Waals surface area contributed by atoms with Crippen LogP contribution in [0.3, 0.4) is 0 Å². The fraction of sp³-hybridized carbons (Fsp3) is 0.227. The minimum absolute atomic E-state index is 0.0362. The van der Waals surface area contributed by atoms with Gasteiger partial charge in [0.2, 0.25) is 0 Å². The molecule has 3 rings (SSSR count). The lowest BCUT2D eigenvalue weighted by Crippen LogP contribution is -2.31. The number of ether oxygens (including phenoxy) is 2.